The van der Waals surface area contributed by atoms with E-state index in [2.05, 4.69) is 5.32 Å². The molecule has 0 saturated carbocycles. The van der Waals surface area contributed by atoms with Crippen LogP contribution < -0.4 is 24.4 Å². The number of methoxy groups -OCH3 is 3. The van der Waals surface area contributed by atoms with E-state index in [1.165, 1.54) is 11.8 Å². The van der Waals surface area contributed by atoms with Crippen LogP contribution in [0.1, 0.15) is 21.5 Å². The van der Waals surface area contributed by atoms with Gasteiger partial charge in [-0.1, -0.05) is 30.0 Å². The van der Waals surface area contributed by atoms with Crippen molar-refractivity contribution >= 4 is 35.3 Å². The van der Waals surface area contributed by atoms with Crippen molar-refractivity contribution in [2.24, 2.45) is 0 Å². The number of carbonyl (C=O) groups excluding carboxylic acids is 2. The van der Waals surface area contributed by atoms with Gasteiger partial charge in [0.25, 0.3) is 11.8 Å². The summed E-state index contributed by atoms with van der Waals surface area (Å²) in [5.74, 6) is 1.73. The van der Waals surface area contributed by atoms with Crippen LogP contribution >= 0.6 is 11.8 Å². The molecule has 1 aliphatic rings. The summed E-state index contributed by atoms with van der Waals surface area (Å²) >= 11 is 1.39. The molecule has 4 rings (SSSR count). The molecule has 1 heterocycles. The number of nitrogens with zero attached hydrogens (tertiary/aromatic N) is 1. The van der Waals surface area contributed by atoms with E-state index in [0.717, 1.165) is 21.8 Å². The maximum atomic E-state index is 13.0. The highest BCUT2D eigenvalue weighted by Crippen LogP contribution is 2.42. The van der Waals surface area contributed by atoms with Crippen molar-refractivity contribution in [3.63, 3.8) is 0 Å². The number of amides is 2. The lowest BCUT2D eigenvalue weighted by molar-refractivity contribution is -0.114. The zero-order valence-electron chi connectivity index (χ0n) is 20.7. The molecule has 7 nitrogen and oxygen atoms in total. The van der Waals surface area contributed by atoms with Crippen LogP contribution in [-0.2, 0) is 11.2 Å². The fraction of sp³-hybridized carbons (Fsp3) is 0.214. The molecule has 0 bridgehead atoms. The van der Waals surface area contributed by atoms with Gasteiger partial charge in [0.2, 0.25) is 0 Å². The number of rotatable bonds is 8. The summed E-state index contributed by atoms with van der Waals surface area (Å²) in [6.45, 7) is 0.461. The van der Waals surface area contributed by atoms with Gasteiger partial charge < -0.3 is 24.4 Å². The predicted octanol–water partition coefficient (Wildman–Crippen LogP) is 4.79. The topological polar surface area (TPSA) is 77.1 Å². The van der Waals surface area contributed by atoms with Crippen LogP contribution in [0.2, 0.25) is 0 Å². The lowest BCUT2D eigenvalue weighted by Crippen LogP contribution is -2.31. The molecule has 0 aliphatic carbocycles. The molecule has 0 fully saturated rings. The zero-order valence-corrected chi connectivity index (χ0v) is 21.5. The lowest BCUT2D eigenvalue weighted by Gasteiger charge is -2.27. The second-order valence-electron chi connectivity index (χ2n) is 8.13. The number of hydrogen-bond acceptors (Lipinski definition) is 6. The monoisotopic (exact) mass is 504 g/mol. The van der Waals surface area contributed by atoms with Gasteiger partial charge in [-0.3, -0.25) is 9.59 Å². The number of thioether (sulfide) groups is 1. The van der Waals surface area contributed by atoms with Crippen LogP contribution in [0.3, 0.4) is 0 Å². The van der Waals surface area contributed by atoms with Crippen LogP contribution in [0.5, 0.6) is 17.2 Å². The van der Waals surface area contributed by atoms with Gasteiger partial charge in [0, 0.05) is 24.1 Å². The minimum atomic E-state index is -0.193. The van der Waals surface area contributed by atoms with E-state index in [-0.39, 0.29) is 11.8 Å². The van der Waals surface area contributed by atoms with Gasteiger partial charge in [0.05, 0.1) is 31.9 Å². The van der Waals surface area contributed by atoms with Gasteiger partial charge in [-0.25, -0.2) is 0 Å². The third-order valence-electron chi connectivity index (χ3n) is 5.86. The molecule has 0 radical (unpaired) electrons. The van der Waals surface area contributed by atoms with Crippen molar-refractivity contribution in [2.75, 3.05) is 39.8 Å². The third kappa shape index (κ3) is 5.49. The molecular weight excluding hydrogens is 476 g/mol. The van der Waals surface area contributed by atoms with Gasteiger partial charge in [0.1, 0.15) is 5.75 Å². The number of likely N-dealkylation sites (N-methyl/N-ethyl adjacent to an activating group) is 1. The molecule has 1 aliphatic heterocycles. The number of ether oxygens (including phenoxy) is 3. The highest BCUT2D eigenvalue weighted by atomic mass is 32.2. The SMILES string of the molecule is COc1cccc(C=C2Sc3ccc(C(=O)NCCc4ccc(OC)c(OC)c4)cc3N(C)C2=O)c1. The molecule has 0 aromatic heterocycles. The second-order valence-corrected chi connectivity index (χ2v) is 9.21. The van der Waals surface area contributed by atoms with Gasteiger partial charge in [-0.15, -0.1) is 0 Å². The summed E-state index contributed by atoms with van der Waals surface area (Å²) < 4.78 is 15.9. The molecule has 0 atom stereocenters. The number of benzene rings is 3. The molecule has 1 N–H and O–H groups in total. The minimum absolute atomic E-state index is 0.124. The Morgan fingerprint density at radius 3 is 2.53 bits per heavy atom. The van der Waals surface area contributed by atoms with E-state index >= 15 is 0 Å². The van der Waals surface area contributed by atoms with Crippen molar-refractivity contribution < 1.29 is 23.8 Å². The summed E-state index contributed by atoms with van der Waals surface area (Å²) in [5, 5.41) is 2.95. The first-order chi connectivity index (χ1) is 17.4. The summed E-state index contributed by atoms with van der Waals surface area (Å²) in [5.41, 5.74) is 3.12. The van der Waals surface area contributed by atoms with Gasteiger partial charge in [0.15, 0.2) is 11.5 Å². The fourth-order valence-corrected chi connectivity index (χ4v) is 4.97. The smallest absolute Gasteiger partial charge is 0.264 e. The average molecular weight is 505 g/mol. The molecule has 3 aromatic rings. The van der Waals surface area contributed by atoms with Crippen LogP contribution in [0.4, 0.5) is 5.69 Å². The van der Waals surface area contributed by atoms with Crippen molar-refractivity contribution in [1.82, 2.24) is 5.32 Å². The Labute approximate surface area is 215 Å². The van der Waals surface area contributed by atoms with Crippen LogP contribution in [-0.4, -0.2) is 46.7 Å². The second kappa shape index (κ2) is 11.2. The van der Waals surface area contributed by atoms with Crippen molar-refractivity contribution in [3.8, 4) is 17.2 Å². The first kappa shape index (κ1) is 25.2. The van der Waals surface area contributed by atoms with Crippen molar-refractivity contribution in [3.05, 3.63) is 82.3 Å². The number of hydrogen-bond donors (Lipinski definition) is 1. The maximum absolute atomic E-state index is 13.0. The Hall–Kier alpha value is -3.91. The molecule has 0 saturated heterocycles. The van der Waals surface area contributed by atoms with E-state index in [0.29, 0.717) is 40.6 Å². The van der Waals surface area contributed by atoms with Gasteiger partial charge >= 0.3 is 0 Å². The number of carbonyl (C=O) groups is 2. The number of fused-ring (bicyclic) bond motifs is 1. The quantitative estimate of drug-likeness (QED) is 0.445. The first-order valence-electron chi connectivity index (χ1n) is 11.4. The van der Waals surface area contributed by atoms with E-state index in [1.807, 2.05) is 54.6 Å². The zero-order chi connectivity index (χ0) is 25.7. The van der Waals surface area contributed by atoms with E-state index < -0.39 is 0 Å². The Kier molecular flexibility index (Phi) is 7.85. The Morgan fingerprint density at radius 2 is 1.78 bits per heavy atom. The molecule has 2 amide bonds. The summed E-state index contributed by atoms with van der Waals surface area (Å²) in [6.07, 6.45) is 2.49. The van der Waals surface area contributed by atoms with Gasteiger partial charge in [-0.05, 0) is 66.1 Å². The molecule has 0 unspecified atom stereocenters. The van der Waals surface area contributed by atoms with Crippen LogP contribution in [0.15, 0.2) is 70.5 Å². The van der Waals surface area contributed by atoms with Crippen molar-refractivity contribution in [2.45, 2.75) is 11.3 Å². The number of nitrogens with one attached hydrogen (secondary N) is 1. The summed E-state index contributed by atoms with van der Waals surface area (Å²) in [7, 11) is 6.52. The molecule has 0 spiro atoms. The first-order valence-corrected chi connectivity index (χ1v) is 12.2. The van der Waals surface area contributed by atoms with Crippen LogP contribution in [0, 0.1) is 0 Å². The average Bonchev–Trinajstić information content (AvgIpc) is 2.91. The standard InChI is InChI=1S/C28H28N2O5S/c1-30-22-17-20(27(31)29-13-12-18-8-10-23(34-3)24(15-18)35-4)9-11-25(22)36-26(28(30)32)16-19-6-5-7-21(14-19)33-2/h5-11,14-17H,12-13H2,1-4H3,(H,29,31). The molecule has 36 heavy (non-hydrogen) atoms. The normalized spacial score (nSPS) is 13.8. The highest BCUT2D eigenvalue weighted by molar-refractivity contribution is 8.04. The minimum Gasteiger partial charge on any atom is -0.497 e. The molecule has 8 heteroatoms. The Morgan fingerprint density at radius 1 is 0.972 bits per heavy atom. The van der Waals surface area contributed by atoms with Crippen molar-refractivity contribution in [1.29, 1.82) is 0 Å². The summed E-state index contributed by atoms with van der Waals surface area (Å²) in [4.78, 5) is 28.9. The summed E-state index contributed by atoms with van der Waals surface area (Å²) in [6, 6.07) is 18.7. The molecule has 186 valence electrons. The maximum Gasteiger partial charge on any atom is 0.264 e. The molecule has 3 aromatic carbocycles. The Balaban J connectivity index is 1.44. The largest absolute Gasteiger partial charge is 0.497 e. The predicted molar refractivity (Wildman–Crippen MR) is 142 cm³/mol. The lowest BCUT2D eigenvalue weighted by atomic mass is 10.1. The molecular formula is C28H28N2O5S. The number of anilines is 1. The van der Waals surface area contributed by atoms with Crippen LogP contribution in [0.25, 0.3) is 6.08 Å². The van der Waals surface area contributed by atoms with E-state index in [9.17, 15) is 9.59 Å². The van der Waals surface area contributed by atoms with Gasteiger partial charge in [-0.2, -0.15) is 0 Å². The van der Waals surface area contributed by atoms with E-state index in [4.69, 9.17) is 14.2 Å². The van der Waals surface area contributed by atoms with E-state index in [1.54, 1.807) is 45.4 Å². The highest BCUT2D eigenvalue weighted by Gasteiger charge is 2.27. The third-order valence-corrected chi connectivity index (χ3v) is 6.93. The fourth-order valence-electron chi connectivity index (χ4n) is 3.88. The Bertz CT molecular complexity index is 1320.